The molecular weight excluding hydrogens is 596 g/mol. The van der Waals surface area contributed by atoms with Crippen LogP contribution in [0.15, 0.2) is 24.3 Å². The summed E-state index contributed by atoms with van der Waals surface area (Å²) in [5.41, 5.74) is 0. The molecule has 0 fully saturated rings. The van der Waals surface area contributed by atoms with Gasteiger partial charge in [0, 0.05) is 12.8 Å². The normalized spacial score (nSPS) is 12.7. The predicted molar refractivity (Wildman–Crippen MR) is 190 cm³/mol. The number of hydrogen-bond acceptors (Lipinski definition) is 6. The summed E-state index contributed by atoms with van der Waals surface area (Å²) in [5, 5.41) is 22.4. The number of carboxylic acids is 1. The van der Waals surface area contributed by atoms with E-state index in [1.54, 1.807) is 0 Å². The van der Waals surface area contributed by atoms with Gasteiger partial charge in [-0.3, -0.25) is 14.4 Å². The van der Waals surface area contributed by atoms with Gasteiger partial charge in [0.15, 0.2) is 0 Å². The minimum atomic E-state index is -1.39. The lowest BCUT2D eigenvalue weighted by molar-refractivity contribution is -0.147. The van der Waals surface area contributed by atoms with Crippen LogP contribution in [0.2, 0.25) is 0 Å². The molecule has 0 aliphatic carbocycles. The van der Waals surface area contributed by atoms with Crippen LogP contribution in [0.1, 0.15) is 168 Å². The molecule has 0 spiro atoms. The molecule has 0 saturated carbocycles. The topological polar surface area (TPSA) is 142 Å². The second-order valence-corrected chi connectivity index (χ2v) is 12.7. The van der Waals surface area contributed by atoms with E-state index in [-0.39, 0.29) is 30.9 Å². The van der Waals surface area contributed by atoms with Gasteiger partial charge < -0.3 is 25.6 Å². The van der Waals surface area contributed by atoms with Crippen molar-refractivity contribution in [1.29, 1.82) is 0 Å². The third-order valence-electron chi connectivity index (χ3n) is 8.17. The molecule has 2 atom stereocenters. The van der Waals surface area contributed by atoms with Gasteiger partial charge in [0.25, 0.3) is 0 Å². The van der Waals surface area contributed by atoms with Crippen LogP contribution in [0.3, 0.4) is 0 Å². The summed E-state index contributed by atoms with van der Waals surface area (Å²) in [5.74, 6) is -2.42. The van der Waals surface area contributed by atoms with Crippen LogP contribution >= 0.6 is 0 Å². The second kappa shape index (κ2) is 33.2. The lowest BCUT2D eigenvalue weighted by Gasteiger charge is -2.15. The first kappa shape index (κ1) is 44.3. The molecule has 0 aliphatic rings. The minimum absolute atomic E-state index is 0.130. The van der Waals surface area contributed by atoms with Crippen molar-refractivity contribution in [2.75, 3.05) is 13.2 Å². The van der Waals surface area contributed by atoms with E-state index in [9.17, 15) is 19.2 Å². The van der Waals surface area contributed by atoms with Crippen LogP contribution in [0, 0.1) is 0 Å². The molecule has 47 heavy (non-hydrogen) atoms. The number of hydrogen-bond donors (Lipinski definition) is 4. The molecule has 0 aliphatic heterocycles. The highest BCUT2D eigenvalue weighted by Gasteiger charge is 2.18. The van der Waals surface area contributed by atoms with E-state index in [1.165, 1.54) is 77.0 Å². The number of unbranched alkanes of at least 4 members (excludes halogenated alkanes) is 17. The maximum Gasteiger partial charge on any atom is 0.328 e. The van der Waals surface area contributed by atoms with Crippen molar-refractivity contribution in [3.63, 3.8) is 0 Å². The molecule has 0 bridgehead atoms. The number of esters is 1. The number of allylic oxidation sites excluding steroid dienone is 3. The van der Waals surface area contributed by atoms with Crippen molar-refractivity contribution in [1.82, 2.24) is 10.6 Å². The number of amides is 2. The molecule has 0 heterocycles. The molecule has 2 unspecified atom stereocenters. The molecule has 9 heteroatoms. The molecule has 4 N–H and O–H groups in total. The Bertz CT molecular complexity index is 859. The van der Waals surface area contributed by atoms with Gasteiger partial charge in [0.2, 0.25) is 11.8 Å². The summed E-state index contributed by atoms with van der Waals surface area (Å²) < 4.78 is 5.84. The lowest BCUT2D eigenvalue weighted by Crippen LogP contribution is -2.47. The molecule has 272 valence electrons. The third-order valence-corrected chi connectivity index (χ3v) is 8.17. The number of rotatable bonds is 33. The average molecular weight is 665 g/mol. The van der Waals surface area contributed by atoms with Crippen LogP contribution in [-0.2, 0) is 23.9 Å². The number of ether oxygens (including phenoxy) is 1. The van der Waals surface area contributed by atoms with Gasteiger partial charge >= 0.3 is 11.9 Å². The summed E-state index contributed by atoms with van der Waals surface area (Å²) in [6.07, 6.45) is 33.8. The molecule has 0 aromatic heterocycles. The zero-order chi connectivity index (χ0) is 34.8. The summed E-state index contributed by atoms with van der Waals surface area (Å²) in [7, 11) is 0. The molecule has 0 saturated heterocycles. The minimum Gasteiger partial charge on any atom is -0.480 e. The summed E-state index contributed by atoms with van der Waals surface area (Å²) in [4.78, 5) is 47.2. The first-order chi connectivity index (χ1) is 22.8. The summed E-state index contributed by atoms with van der Waals surface area (Å²) in [6, 6.07) is -1.39. The van der Waals surface area contributed by atoms with Crippen molar-refractivity contribution in [3.05, 3.63) is 24.3 Å². The molecular formula is C38H68N2O7. The van der Waals surface area contributed by atoms with E-state index < -0.39 is 24.5 Å². The van der Waals surface area contributed by atoms with Crippen molar-refractivity contribution >= 4 is 23.8 Å². The highest BCUT2D eigenvalue weighted by atomic mass is 16.5. The SMILES string of the molecule is CCC/C=C\C/C=C\C(CCCCCCC(=O)NCC(=O)NC(CO)C(=O)O)OC(=O)CCCCCCCCCCCCCCCC. The average Bonchev–Trinajstić information content (AvgIpc) is 3.05. The number of aliphatic hydroxyl groups excluding tert-OH is 1. The lowest BCUT2D eigenvalue weighted by atomic mass is 10.0. The Labute approximate surface area is 285 Å². The smallest absolute Gasteiger partial charge is 0.328 e. The predicted octanol–water partition coefficient (Wildman–Crippen LogP) is 8.09. The van der Waals surface area contributed by atoms with Crippen molar-refractivity contribution < 1.29 is 34.1 Å². The number of carbonyl (C=O) groups is 4. The van der Waals surface area contributed by atoms with Gasteiger partial charge in [-0.15, -0.1) is 0 Å². The largest absolute Gasteiger partial charge is 0.480 e. The molecule has 0 aromatic rings. The highest BCUT2D eigenvalue weighted by molar-refractivity contribution is 5.87. The van der Waals surface area contributed by atoms with Crippen LogP contribution in [0.4, 0.5) is 0 Å². The number of carbonyl (C=O) groups excluding carboxylic acids is 3. The first-order valence-electron chi connectivity index (χ1n) is 18.7. The number of carboxylic acid groups (broad SMARTS) is 1. The monoisotopic (exact) mass is 665 g/mol. The zero-order valence-electron chi connectivity index (χ0n) is 29.8. The van der Waals surface area contributed by atoms with E-state index in [0.717, 1.165) is 57.8 Å². The van der Waals surface area contributed by atoms with Gasteiger partial charge in [-0.25, -0.2) is 4.79 Å². The maximum atomic E-state index is 12.6. The molecule has 0 aromatic carbocycles. The van der Waals surface area contributed by atoms with Crippen LogP contribution < -0.4 is 10.6 Å². The van der Waals surface area contributed by atoms with E-state index in [0.29, 0.717) is 12.8 Å². The van der Waals surface area contributed by atoms with Gasteiger partial charge in [-0.1, -0.05) is 135 Å². The maximum absolute atomic E-state index is 12.6. The number of nitrogens with one attached hydrogen (secondary N) is 2. The Morgan fingerprint density at radius 2 is 1.21 bits per heavy atom. The molecule has 0 rings (SSSR count). The fraction of sp³-hybridized carbons (Fsp3) is 0.789. The highest BCUT2D eigenvalue weighted by Crippen LogP contribution is 2.15. The third kappa shape index (κ3) is 30.4. The van der Waals surface area contributed by atoms with E-state index in [4.69, 9.17) is 14.9 Å². The summed E-state index contributed by atoms with van der Waals surface area (Å²) >= 11 is 0. The molecule has 9 nitrogen and oxygen atoms in total. The molecule has 0 radical (unpaired) electrons. The van der Waals surface area contributed by atoms with E-state index in [2.05, 4.69) is 42.7 Å². The zero-order valence-corrected chi connectivity index (χ0v) is 29.8. The van der Waals surface area contributed by atoms with Gasteiger partial charge in [-0.2, -0.15) is 0 Å². The Balaban J connectivity index is 4.20. The Morgan fingerprint density at radius 1 is 0.660 bits per heavy atom. The van der Waals surface area contributed by atoms with Crippen molar-refractivity contribution in [2.45, 2.75) is 180 Å². The quantitative estimate of drug-likeness (QED) is 0.0316. The van der Waals surface area contributed by atoms with E-state index in [1.807, 2.05) is 6.08 Å². The van der Waals surface area contributed by atoms with Crippen LogP contribution in [0.25, 0.3) is 0 Å². The Kier molecular flexibility index (Phi) is 31.3. The fourth-order valence-corrected chi connectivity index (χ4v) is 5.26. The molecule has 2 amide bonds. The van der Waals surface area contributed by atoms with E-state index >= 15 is 0 Å². The van der Waals surface area contributed by atoms with Gasteiger partial charge in [-0.05, 0) is 44.6 Å². The number of aliphatic hydroxyl groups is 1. The first-order valence-corrected chi connectivity index (χ1v) is 18.7. The van der Waals surface area contributed by atoms with Crippen molar-refractivity contribution in [3.8, 4) is 0 Å². The standard InChI is InChI=1S/C38H68N2O7/c1-3-5-7-9-11-12-13-14-15-16-17-18-20-26-30-37(44)47-33(27-23-19-10-8-6-4-2)28-24-21-22-25-29-35(42)39-31-36(43)40-34(32-41)38(45)46/h8,10,23,27,33-34,41H,3-7,9,11-22,24-26,28-32H2,1-2H3,(H,39,42)(H,40,43)(H,45,46)/b10-8-,27-23-. The Morgan fingerprint density at radius 3 is 1.77 bits per heavy atom. The Hall–Kier alpha value is -2.68. The number of aliphatic carboxylic acids is 1. The summed E-state index contributed by atoms with van der Waals surface area (Å²) in [6.45, 7) is 3.35. The fourth-order valence-electron chi connectivity index (χ4n) is 5.26. The van der Waals surface area contributed by atoms with Crippen LogP contribution in [-0.4, -0.2) is 59.3 Å². The van der Waals surface area contributed by atoms with Gasteiger partial charge in [0.1, 0.15) is 12.1 Å². The second-order valence-electron chi connectivity index (χ2n) is 12.7. The van der Waals surface area contributed by atoms with Crippen molar-refractivity contribution in [2.24, 2.45) is 0 Å². The van der Waals surface area contributed by atoms with Crippen LogP contribution in [0.5, 0.6) is 0 Å². The van der Waals surface area contributed by atoms with Gasteiger partial charge in [0.05, 0.1) is 13.2 Å².